The lowest BCUT2D eigenvalue weighted by molar-refractivity contribution is 0.112. The highest BCUT2D eigenvalue weighted by atomic mass is 16.1. The van der Waals surface area contributed by atoms with Crippen molar-refractivity contribution >= 4 is 17.2 Å². The second-order valence-electron chi connectivity index (χ2n) is 4.87. The zero-order valence-corrected chi connectivity index (χ0v) is 9.29. The number of aromatic nitrogens is 1. The Hall–Kier alpha value is -1.57. The molecule has 0 amide bonds. The normalized spacial score (nSPS) is 11.9. The third kappa shape index (κ3) is 1.67. The molecule has 15 heavy (non-hydrogen) atoms. The van der Waals surface area contributed by atoms with E-state index < -0.39 is 0 Å². The van der Waals surface area contributed by atoms with Gasteiger partial charge in [-0.25, -0.2) is 0 Å². The Bertz CT molecular complexity index is 503. The average Bonchev–Trinajstić information content (AvgIpc) is 2.58. The molecule has 0 spiro atoms. The molecule has 0 bridgehead atoms. The van der Waals surface area contributed by atoms with Gasteiger partial charge in [-0.1, -0.05) is 32.9 Å². The maximum atomic E-state index is 10.7. The average molecular weight is 201 g/mol. The topological polar surface area (TPSA) is 32.9 Å². The summed E-state index contributed by atoms with van der Waals surface area (Å²) in [5, 5.41) is 0.998. The minimum Gasteiger partial charge on any atom is -0.360 e. The van der Waals surface area contributed by atoms with Gasteiger partial charge in [0.05, 0.1) is 0 Å². The number of H-pyrrole nitrogens is 1. The Morgan fingerprint density at radius 3 is 2.60 bits per heavy atom. The summed E-state index contributed by atoms with van der Waals surface area (Å²) in [6.45, 7) is 6.53. The van der Waals surface area contributed by atoms with Crippen molar-refractivity contribution in [1.29, 1.82) is 0 Å². The van der Waals surface area contributed by atoms with Gasteiger partial charge in [0.25, 0.3) is 0 Å². The number of hydrogen-bond donors (Lipinski definition) is 1. The summed E-state index contributed by atoms with van der Waals surface area (Å²) >= 11 is 0. The molecule has 1 aromatic heterocycles. The van der Waals surface area contributed by atoms with E-state index in [1.807, 2.05) is 6.07 Å². The third-order valence-corrected chi connectivity index (χ3v) is 2.71. The molecule has 2 aromatic rings. The summed E-state index contributed by atoms with van der Waals surface area (Å²) in [4.78, 5) is 13.9. The van der Waals surface area contributed by atoms with E-state index in [-0.39, 0.29) is 5.41 Å². The molecule has 0 aliphatic carbocycles. The van der Waals surface area contributed by atoms with Gasteiger partial charge in [-0.05, 0) is 17.0 Å². The number of fused-ring (bicyclic) bond motifs is 1. The monoisotopic (exact) mass is 201 g/mol. The van der Waals surface area contributed by atoms with Crippen molar-refractivity contribution in [2.75, 3.05) is 0 Å². The lowest BCUT2D eigenvalue weighted by Gasteiger charge is -2.18. The Morgan fingerprint density at radius 1 is 1.27 bits per heavy atom. The standard InChI is InChI=1S/C13H15NO/c1-13(2,3)10-4-5-11-9(8-15)7-14-12(11)6-10/h4-8,14H,1-3H3. The van der Waals surface area contributed by atoms with Crippen molar-refractivity contribution in [2.24, 2.45) is 0 Å². The molecule has 1 heterocycles. The summed E-state index contributed by atoms with van der Waals surface area (Å²) in [6.07, 6.45) is 2.64. The summed E-state index contributed by atoms with van der Waals surface area (Å²) in [5.41, 5.74) is 3.17. The van der Waals surface area contributed by atoms with Crippen LogP contribution < -0.4 is 0 Å². The lowest BCUT2D eigenvalue weighted by Crippen LogP contribution is -2.10. The predicted octanol–water partition coefficient (Wildman–Crippen LogP) is 3.28. The molecule has 0 atom stereocenters. The van der Waals surface area contributed by atoms with E-state index in [4.69, 9.17) is 0 Å². The Kier molecular flexibility index (Phi) is 2.14. The van der Waals surface area contributed by atoms with Gasteiger partial charge in [0.15, 0.2) is 6.29 Å². The molecule has 78 valence electrons. The van der Waals surface area contributed by atoms with E-state index in [2.05, 4.69) is 37.9 Å². The van der Waals surface area contributed by atoms with Crippen LogP contribution in [0.3, 0.4) is 0 Å². The number of nitrogens with one attached hydrogen (secondary N) is 1. The molecule has 0 saturated heterocycles. The van der Waals surface area contributed by atoms with Gasteiger partial charge in [0.1, 0.15) is 0 Å². The number of aldehydes is 1. The van der Waals surface area contributed by atoms with Crippen molar-refractivity contribution in [3.05, 3.63) is 35.5 Å². The fourth-order valence-corrected chi connectivity index (χ4v) is 1.71. The highest BCUT2D eigenvalue weighted by molar-refractivity contribution is 5.97. The third-order valence-electron chi connectivity index (χ3n) is 2.71. The fourth-order valence-electron chi connectivity index (χ4n) is 1.71. The van der Waals surface area contributed by atoms with E-state index in [1.54, 1.807) is 6.20 Å². The molecule has 1 N–H and O–H groups in total. The molecular formula is C13H15NO. The van der Waals surface area contributed by atoms with Gasteiger partial charge in [-0.2, -0.15) is 0 Å². The first-order valence-electron chi connectivity index (χ1n) is 5.09. The Labute approximate surface area is 89.3 Å². The Balaban J connectivity index is 2.63. The van der Waals surface area contributed by atoms with Crippen molar-refractivity contribution in [3.8, 4) is 0 Å². The quantitative estimate of drug-likeness (QED) is 0.706. The zero-order chi connectivity index (χ0) is 11.1. The van der Waals surface area contributed by atoms with E-state index >= 15 is 0 Å². The number of rotatable bonds is 1. The molecule has 0 saturated carbocycles. The first-order valence-corrected chi connectivity index (χ1v) is 5.09. The van der Waals surface area contributed by atoms with Crippen molar-refractivity contribution in [2.45, 2.75) is 26.2 Å². The van der Waals surface area contributed by atoms with Crippen LogP contribution in [0.5, 0.6) is 0 Å². The molecule has 2 nitrogen and oxygen atoms in total. The largest absolute Gasteiger partial charge is 0.360 e. The number of hydrogen-bond acceptors (Lipinski definition) is 1. The molecule has 0 radical (unpaired) electrons. The maximum Gasteiger partial charge on any atom is 0.152 e. The molecule has 0 unspecified atom stereocenters. The summed E-state index contributed by atoms with van der Waals surface area (Å²) < 4.78 is 0. The molecule has 0 aliphatic rings. The second kappa shape index (κ2) is 3.23. The van der Waals surface area contributed by atoms with E-state index in [9.17, 15) is 4.79 Å². The molecule has 0 fully saturated rings. The van der Waals surface area contributed by atoms with Crippen LogP contribution in [0.15, 0.2) is 24.4 Å². The molecule has 0 aliphatic heterocycles. The van der Waals surface area contributed by atoms with Crippen LogP contribution in [0.1, 0.15) is 36.7 Å². The van der Waals surface area contributed by atoms with Crippen LogP contribution in [-0.4, -0.2) is 11.3 Å². The number of carbonyl (C=O) groups excluding carboxylic acids is 1. The van der Waals surface area contributed by atoms with Crippen LogP contribution in [-0.2, 0) is 5.41 Å². The van der Waals surface area contributed by atoms with Crippen LogP contribution in [0.4, 0.5) is 0 Å². The summed E-state index contributed by atoms with van der Waals surface area (Å²) in [6, 6.07) is 6.21. The fraction of sp³-hybridized carbons (Fsp3) is 0.308. The number of benzene rings is 1. The van der Waals surface area contributed by atoms with Crippen molar-refractivity contribution < 1.29 is 4.79 Å². The molecular weight excluding hydrogens is 186 g/mol. The number of aromatic amines is 1. The lowest BCUT2D eigenvalue weighted by atomic mass is 9.86. The minimum atomic E-state index is 0.140. The smallest absolute Gasteiger partial charge is 0.152 e. The molecule has 2 rings (SSSR count). The van der Waals surface area contributed by atoms with Crippen LogP contribution >= 0.6 is 0 Å². The van der Waals surface area contributed by atoms with Gasteiger partial charge in [-0.3, -0.25) is 4.79 Å². The first kappa shape index (κ1) is 9.97. The zero-order valence-electron chi connectivity index (χ0n) is 9.29. The summed E-state index contributed by atoms with van der Waals surface area (Å²) in [7, 11) is 0. The van der Waals surface area contributed by atoms with E-state index in [0.717, 1.165) is 22.8 Å². The van der Waals surface area contributed by atoms with Gasteiger partial charge < -0.3 is 4.98 Å². The maximum absolute atomic E-state index is 10.7. The van der Waals surface area contributed by atoms with E-state index in [0.29, 0.717) is 0 Å². The van der Waals surface area contributed by atoms with Crippen LogP contribution in [0.2, 0.25) is 0 Å². The highest BCUT2D eigenvalue weighted by Gasteiger charge is 2.14. The highest BCUT2D eigenvalue weighted by Crippen LogP contribution is 2.26. The predicted molar refractivity (Wildman–Crippen MR) is 62.4 cm³/mol. The Morgan fingerprint density at radius 2 is 2.00 bits per heavy atom. The van der Waals surface area contributed by atoms with Crippen LogP contribution in [0, 0.1) is 0 Å². The van der Waals surface area contributed by atoms with Crippen molar-refractivity contribution in [3.63, 3.8) is 0 Å². The SMILES string of the molecule is CC(C)(C)c1ccc2c(C=O)c[nH]c2c1. The second-order valence-corrected chi connectivity index (χ2v) is 4.87. The molecule has 1 aromatic carbocycles. The van der Waals surface area contributed by atoms with E-state index in [1.165, 1.54) is 5.56 Å². The molecule has 2 heteroatoms. The summed E-state index contributed by atoms with van der Waals surface area (Å²) in [5.74, 6) is 0. The van der Waals surface area contributed by atoms with Crippen LogP contribution in [0.25, 0.3) is 10.9 Å². The van der Waals surface area contributed by atoms with Gasteiger partial charge in [0.2, 0.25) is 0 Å². The van der Waals surface area contributed by atoms with Gasteiger partial charge in [-0.15, -0.1) is 0 Å². The van der Waals surface area contributed by atoms with Crippen molar-refractivity contribution in [1.82, 2.24) is 4.98 Å². The van der Waals surface area contributed by atoms with Gasteiger partial charge in [0, 0.05) is 22.7 Å². The number of carbonyl (C=O) groups is 1. The minimum absolute atomic E-state index is 0.140. The van der Waals surface area contributed by atoms with Gasteiger partial charge >= 0.3 is 0 Å². The first-order chi connectivity index (χ1) is 7.02.